The van der Waals surface area contributed by atoms with Gasteiger partial charge in [-0.25, -0.2) is 0 Å². The van der Waals surface area contributed by atoms with Gasteiger partial charge in [-0.3, -0.25) is 9.59 Å². The number of ketones is 2. The molecule has 0 aliphatic heterocycles. The zero-order valence-electron chi connectivity index (χ0n) is 13.9. The number of carboxylic acid groups (broad SMARTS) is 2. The van der Waals surface area contributed by atoms with Crippen molar-refractivity contribution in [2.24, 2.45) is 11.8 Å². The standard InChI is InChI=1S/2C6H10O3.C2H4O.O.Zr/c2*1-3-5(4(2)7)6(8)9;1-2-3;;/h2*5H,3H2,1-2H3,(H,8,9);2H,1H3;;/q;;;;+2/p-2. The van der Waals surface area contributed by atoms with Crippen molar-refractivity contribution in [2.45, 2.75) is 47.5 Å². The quantitative estimate of drug-likeness (QED) is 0.392. The van der Waals surface area contributed by atoms with Crippen molar-refractivity contribution in [1.29, 1.82) is 0 Å². The van der Waals surface area contributed by atoms with Gasteiger partial charge in [0.15, 0.2) is 0 Å². The summed E-state index contributed by atoms with van der Waals surface area (Å²) in [6, 6.07) is 0. The Hall–Kier alpha value is -1.37. The first kappa shape index (κ1) is 29.6. The fourth-order valence-electron chi connectivity index (χ4n) is 1.24. The summed E-state index contributed by atoms with van der Waals surface area (Å²) in [4.78, 5) is 49.7. The van der Waals surface area contributed by atoms with Gasteiger partial charge >= 0.3 is 27.5 Å². The van der Waals surface area contributed by atoms with E-state index in [1.165, 1.54) is 20.8 Å². The maximum atomic E-state index is 10.4. The molecule has 0 saturated carbocycles. The Labute approximate surface area is 150 Å². The van der Waals surface area contributed by atoms with E-state index in [1.807, 2.05) is 0 Å². The van der Waals surface area contributed by atoms with Crippen molar-refractivity contribution >= 4 is 29.8 Å². The molecule has 0 aromatic carbocycles. The Balaban J connectivity index is -0.000000123. The SMILES string of the molecule is CC=O.CCC(C(C)=O)C(=O)[O-].CCC(C(C)=O)C(=O)[O-].[O]=[Zr+2]. The van der Waals surface area contributed by atoms with E-state index in [1.54, 1.807) is 13.8 Å². The summed E-state index contributed by atoms with van der Waals surface area (Å²) in [5, 5.41) is 20.1. The van der Waals surface area contributed by atoms with Gasteiger partial charge < -0.3 is 24.6 Å². The second-order valence-electron chi connectivity index (χ2n) is 4.02. The Morgan fingerprint density at radius 1 is 0.870 bits per heavy atom. The van der Waals surface area contributed by atoms with Gasteiger partial charge in [0.25, 0.3) is 0 Å². The molecule has 0 spiro atoms. The number of hydrogen-bond donors (Lipinski definition) is 0. The molecule has 0 aromatic rings. The number of Topliss-reactive ketones (excluding diaryl/α,β-unsaturated/α-hetero) is 2. The van der Waals surface area contributed by atoms with Crippen LogP contribution < -0.4 is 10.2 Å². The van der Waals surface area contributed by atoms with Gasteiger partial charge in [-0.2, -0.15) is 0 Å². The van der Waals surface area contributed by atoms with Crippen LogP contribution in [-0.4, -0.2) is 29.8 Å². The molecule has 130 valence electrons. The molecule has 0 heterocycles. The normalized spacial score (nSPS) is 10.7. The first-order chi connectivity index (χ1) is 10.6. The van der Waals surface area contributed by atoms with Crippen molar-refractivity contribution in [3.05, 3.63) is 0 Å². The summed E-state index contributed by atoms with van der Waals surface area (Å²) in [6.07, 6.45) is 1.38. The van der Waals surface area contributed by atoms with Crippen LogP contribution in [-0.2, 0) is 51.5 Å². The van der Waals surface area contributed by atoms with E-state index in [0.29, 0.717) is 37.6 Å². The molecule has 0 fully saturated rings. The van der Waals surface area contributed by atoms with E-state index in [2.05, 4.69) is 0 Å². The van der Waals surface area contributed by atoms with Crippen LogP contribution >= 0.6 is 0 Å². The molecule has 8 nitrogen and oxygen atoms in total. The third-order valence-corrected chi connectivity index (χ3v) is 2.37. The van der Waals surface area contributed by atoms with Crippen molar-refractivity contribution < 1.29 is 61.7 Å². The number of carboxylic acids is 2. The molecule has 2 atom stereocenters. The molecule has 0 bridgehead atoms. The molecule has 9 heteroatoms. The molecule has 0 rings (SSSR count). The van der Waals surface area contributed by atoms with Crippen LogP contribution in [0, 0.1) is 11.8 Å². The minimum absolute atomic E-state index is 0.300. The third kappa shape index (κ3) is 20.6. The van der Waals surface area contributed by atoms with Crippen molar-refractivity contribution in [3.8, 4) is 0 Å². The summed E-state index contributed by atoms with van der Waals surface area (Å²) in [5.74, 6) is -5.04. The van der Waals surface area contributed by atoms with Crippen LogP contribution in [0.4, 0.5) is 0 Å². The molecule has 0 aliphatic carbocycles. The average molecular weight is 410 g/mol. The molecule has 0 radical (unpaired) electrons. The van der Waals surface area contributed by atoms with E-state index < -0.39 is 23.8 Å². The number of hydrogen-bond acceptors (Lipinski definition) is 8. The molecule has 0 saturated heterocycles. The molecule has 0 aromatic heterocycles. The van der Waals surface area contributed by atoms with Gasteiger partial charge in [-0.15, -0.1) is 0 Å². The van der Waals surface area contributed by atoms with E-state index >= 15 is 0 Å². The average Bonchev–Trinajstić information content (AvgIpc) is 2.42. The summed E-state index contributed by atoms with van der Waals surface area (Å²) in [5.41, 5.74) is 0. The van der Waals surface area contributed by atoms with Gasteiger partial charge in [-0.1, -0.05) is 13.8 Å². The third-order valence-electron chi connectivity index (χ3n) is 2.37. The predicted octanol–water partition coefficient (Wildman–Crippen LogP) is -1.21. The fourth-order valence-corrected chi connectivity index (χ4v) is 1.24. The fraction of sp³-hybridized carbons (Fsp3) is 0.643. The Bertz CT molecular complexity index is 321. The molecule has 2 unspecified atom stereocenters. The molecule has 0 amide bonds. The van der Waals surface area contributed by atoms with Crippen LogP contribution in [0.2, 0.25) is 0 Å². The van der Waals surface area contributed by atoms with Crippen LogP contribution in [0.25, 0.3) is 0 Å². The summed E-state index contributed by atoms with van der Waals surface area (Å²) in [6.45, 7) is 7.23. The monoisotopic (exact) mass is 408 g/mol. The molecule has 0 aliphatic rings. The van der Waals surface area contributed by atoms with Gasteiger partial charge in [0, 0.05) is 0 Å². The van der Waals surface area contributed by atoms with Crippen molar-refractivity contribution in [1.82, 2.24) is 0 Å². The number of aldehydes is 1. The second kappa shape index (κ2) is 20.6. The Morgan fingerprint density at radius 3 is 1.04 bits per heavy atom. The first-order valence-electron chi connectivity index (χ1n) is 6.63. The zero-order valence-corrected chi connectivity index (χ0v) is 16.4. The number of carbonyl (C=O) groups excluding carboxylic acids is 5. The van der Waals surface area contributed by atoms with Gasteiger partial charge in [0.05, 0.1) is 23.8 Å². The van der Waals surface area contributed by atoms with E-state index in [9.17, 15) is 29.4 Å². The maximum absolute atomic E-state index is 10.4. The summed E-state index contributed by atoms with van der Waals surface area (Å²) in [7, 11) is 0. The van der Waals surface area contributed by atoms with Gasteiger partial charge in [0.1, 0.15) is 17.9 Å². The summed E-state index contributed by atoms with van der Waals surface area (Å²) < 4.78 is 8.34. The number of rotatable bonds is 6. The molecule has 23 heavy (non-hydrogen) atoms. The number of carbonyl (C=O) groups is 5. The molecule has 0 N–H and O–H groups in total. The van der Waals surface area contributed by atoms with Crippen molar-refractivity contribution in [2.75, 3.05) is 0 Å². The predicted molar refractivity (Wildman–Crippen MR) is 71.4 cm³/mol. The number of aliphatic carboxylic acids is 2. The van der Waals surface area contributed by atoms with E-state index in [4.69, 9.17) is 7.61 Å². The Kier molecular flexibility index (Phi) is 26.6. The van der Waals surface area contributed by atoms with Crippen LogP contribution in [0.5, 0.6) is 0 Å². The molecular weight excluding hydrogens is 387 g/mol. The zero-order chi connectivity index (χ0) is 19.6. The van der Waals surface area contributed by atoms with Gasteiger partial charge in [0.2, 0.25) is 0 Å². The van der Waals surface area contributed by atoms with Crippen molar-refractivity contribution in [3.63, 3.8) is 0 Å². The minimum atomic E-state index is -1.27. The van der Waals surface area contributed by atoms with E-state index in [0.717, 1.165) is 6.29 Å². The first-order valence-corrected chi connectivity index (χ1v) is 7.63. The topological polar surface area (TPSA) is 149 Å². The van der Waals surface area contributed by atoms with E-state index in [-0.39, 0.29) is 11.6 Å². The summed E-state index contributed by atoms with van der Waals surface area (Å²) >= 11 is 0.300. The van der Waals surface area contributed by atoms with Crippen LogP contribution in [0.1, 0.15) is 47.5 Å². The molecular formula is C14H22O8Zr. The van der Waals surface area contributed by atoms with Gasteiger partial charge in [-0.05, 0) is 33.6 Å². The Morgan fingerprint density at radius 2 is 1.04 bits per heavy atom. The van der Waals surface area contributed by atoms with Crippen LogP contribution in [0.3, 0.4) is 0 Å². The second-order valence-corrected chi connectivity index (χ2v) is 4.02. The van der Waals surface area contributed by atoms with Crippen LogP contribution in [0.15, 0.2) is 0 Å².